The van der Waals surface area contributed by atoms with Crippen molar-refractivity contribution in [2.45, 2.75) is 26.7 Å². The molecule has 0 radical (unpaired) electrons. The van der Waals surface area contributed by atoms with Crippen LogP contribution in [0.5, 0.6) is 0 Å². The van der Waals surface area contributed by atoms with Crippen molar-refractivity contribution in [1.29, 1.82) is 0 Å². The Morgan fingerprint density at radius 1 is 1.00 bits per heavy atom. The molecule has 0 saturated carbocycles. The maximum absolute atomic E-state index is 13.0. The predicted molar refractivity (Wildman–Crippen MR) is 105 cm³/mol. The molecule has 6 nitrogen and oxygen atoms in total. The van der Waals surface area contributed by atoms with Crippen LogP contribution in [0.2, 0.25) is 0 Å². The van der Waals surface area contributed by atoms with Crippen molar-refractivity contribution in [2.75, 3.05) is 30.0 Å². The van der Waals surface area contributed by atoms with Crippen LogP contribution in [-0.2, 0) is 27.1 Å². The monoisotopic (exact) mass is 368 g/mol. The number of carbonyl (C=O) groups excluding carboxylic acids is 2. The van der Waals surface area contributed by atoms with Gasteiger partial charge in [0.05, 0.1) is 18.0 Å². The van der Waals surface area contributed by atoms with E-state index >= 15 is 0 Å². The number of anilines is 3. The molecule has 1 aliphatic rings. The lowest BCUT2D eigenvalue weighted by atomic mass is 10.0. The largest absolute Gasteiger partial charge is 0.450 e. The highest BCUT2D eigenvalue weighted by atomic mass is 16.5. The van der Waals surface area contributed by atoms with Crippen molar-refractivity contribution in [3.63, 3.8) is 0 Å². The van der Waals surface area contributed by atoms with Gasteiger partial charge in [0.15, 0.2) is 0 Å². The highest BCUT2D eigenvalue weighted by Gasteiger charge is 2.26. The first-order valence-corrected chi connectivity index (χ1v) is 9.19. The van der Waals surface area contributed by atoms with Gasteiger partial charge < -0.3 is 9.47 Å². The fraction of sp³-hybridized carbons (Fsp3) is 0.333. The molecular weight excluding hydrogens is 344 g/mol. The van der Waals surface area contributed by atoms with Crippen LogP contribution < -0.4 is 10.2 Å². The summed E-state index contributed by atoms with van der Waals surface area (Å²) in [5.74, 6) is -0.138. The van der Waals surface area contributed by atoms with Crippen LogP contribution in [0.15, 0.2) is 42.5 Å². The van der Waals surface area contributed by atoms with E-state index in [0.717, 1.165) is 35.3 Å². The van der Waals surface area contributed by atoms with E-state index in [1.165, 1.54) is 0 Å². The van der Waals surface area contributed by atoms with E-state index in [1.54, 1.807) is 11.8 Å². The summed E-state index contributed by atoms with van der Waals surface area (Å²) in [6.45, 7) is 4.38. The van der Waals surface area contributed by atoms with Crippen LogP contribution in [-0.4, -0.2) is 31.8 Å². The molecule has 1 heterocycles. The number of benzene rings is 2. The van der Waals surface area contributed by atoms with Gasteiger partial charge in [-0.15, -0.1) is 0 Å². The Labute approximate surface area is 159 Å². The molecule has 1 aliphatic heterocycles. The summed E-state index contributed by atoms with van der Waals surface area (Å²) in [5, 5.41) is 2.71. The maximum Gasteiger partial charge on any atom is 0.411 e. The normalized spacial score (nSPS) is 12.6. The number of fused-ring (bicyclic) bond motifs is 2. The number of nitrogens with zero attached hydrogens (tertiary/aromatic N) is 1. The second-order valence-electron chi connectivity index (χ2n) is 6.18. The van der Waals surface area contributed by atoms with Gasteiger partial charge in [-0.1, -0.05) is 24.3 Å². The SMILES string of the molecule is CCOCC(=O)N1c2ccccc2CCc2ccc(NC(=O)OCC)cc21. The molecule has 0 atom stereocenters. The number of amides is 2. The Morgan fingerprint density at radius 3 is 2.48 bits per heavy atom. The molecule has 3 rings (SSSR count). The summed E-state index contributed by atoms with van der Waals surface area (Å²) >= 11 is 0. The first-order chi connectivity index (χ1) is 13.1. The van der Waals surface area contributed by atoms with Crippen molar-refractivity contribution in [3.05, 3.63) is 53.6 Å². The van der Waals surface area contributed by atoms with E-state index in [-0.39, 0.29) is 12.5 Å². The van der Waals surface area contributed by atoms with E-state index in [4.69, 9.17) is 9.47 Å². The van der Waals surface area contributed by atoms with Gasteiger partial charge in [-0.2, -0.15) is 0 Å². The Bertz CT molecular complexity index is 835. The van der Waals surface area contributed by atoms with Gasteiger partial charge in [0.1, 0.15) is 6.61 Å². The van der Waals surface area contributed by atoms with Gasteiger partial charge in [0.25, 0.3) is 5.91 Å². The van der Waals surface area contributed by atoms with Crippen LogP contribution in [0.4, 0.5) is 21.9 Å². The van der Waals surface area contributed by atoms with Crippen molar-refractivity contribution in [3.8, 4) is 0 Å². The molecule has 6 heteroatoms. The number of nitrogens with one attached hydrogen (secondary N) is 1. The van der Waals surface area contributed by atoms with Gasteiger partial charge in [-0.25, -0.2) is 4.79 Å². The highest BCUT2D eigenvalue weighted by molar-refractivity contribution is 6.03. The predicted octanol–water partition coefficient (Wildman–Crippen LogP) is 4.05. The van der Waals surface area contributed by atoms with Crippen LogP contribution in [0.25, 0.3) is 0 Å². The number of rotatable bonds is 5. The lowest BCUT2D eigenvalue weighted by Crippen LogP contribution is -2.30. The number of hydrogen-bond acceptors (Lipinski definition) is 4. The van der Waals surface area contributed by atoms with Crippen molar-refractivity contribution < 1.29 is 19.1 Å². The van der Waals surface area contributed by atoms with E-state index < -0.39 is 6.09 Å². The minimum Gasteiger partial charge on any atom is -0.450 e. The number of hydrogen-bond donors (Lipinski definition) is 1. The molecule has 2 aromatic rings. The average Bonchev–Trinajstić information content (AvgIpc) is 2.83. The minimum absolute atomic E-state index is 0.000192. The molecule has 27 heavy (non-hydrogen) atoms. The molecule has 2 amide bonds. The third kappa shape index (κ3) is 4.28. The van der Waals surface area contributed by atoms with Crippen LogP contribution >= 0.6 is 0 Å². The molecule has 0 aromatic heterocycles. The number of ether oxygens (including phenoxy) is 2. The molecule has 0 bridgehead atoms. The third-order valence-electron chi connectivity index (χ3n) is 4.42. The zero-order valence-corrected chi connectivity index (χ0v) is 15.7. The molecule has 2 aromatic carbocycles. The maximum atomic E-state index is 13.0. The fourth-order valence-electron chi connectivity index (χ4n) is 3.21. The fourth-order valence-corrected chi connectivity index (χ4v) is 3.21. The van der Waals surface area contributed by atoms with E-state index in [9.17, 15) is 9.59 Å². The van der Waals surface area contributed by atoms with Crippen LogP contribution in [0.1, 0.15) is 25.0 Å². The van der Waals surface area contributed by atoms with Crippen LogP contribution in [0, 0.1) is 0 Å². The summed E-state index contributed by atoms with van der Waals surface area (Å²) in [5.41, 5.74) is 4.36. The third-order valence-corrected chi connectivity index (χ3v) is 4.42. The second-order valence-corrected chi connectivity index (χ2v) is 6.18. The molecule has 0 saturated heterocycles. The number of para-hydroxylation sites is 1. The lowest BCUT2D eigenvalue weighted by molar-refractivity contribution is -0.122. The molecule has 0 unspecified atom stereocenters. The minimum atomic E-state index is -0.515. The standard InChI is InChI=1S/C21H24N2O4/c1-3-26-14-20(24)23-18-8-6-5-7-15(18)9-10-16-11-12-17(13-19(16)23)22-21(25)27-4-2/h5-8,11-13H,3-4,9-10,14H2,1-2H3,(H,22,25). The summed E-state index contributed by atoms with van der Waals surface area (Å²) in [7, 11) is 0. The summed E-state index contributed by atoms with van der Waals surface area (Å²) in [4.78, 5) is 26.4. The van der Waals surface area contributed by atoms with Gasteiger partial charge in [-0.3, -0.25) is 15.0 Å². The van der Waals surface area contributed by atoms with E-state index in [1.807, 2.05) is 49.4 Å². The Kier molecular flexibility index (Phi) is 6.08. The number of carbonyl (C=O) groups is 2. The van der Waals surface area contributed by atoms with Gasteiger partial charge in [0, 0.05) is 12.3 Å². The van der Waals surface area contributed by atoms with Crippen molar-refractivity contribution >= 4 is 29.1 Å². The number of aryl methyl sites for hydroxylation is 2. The highest BCUT2D eigenvalue weighted by Crippen LogP contribution is 2.37. The molecule has 142 valence electrons. The van der Waals surface area contributed by atoms with E-state index in [0.29, 0.717) is 18.9 Å². The quantitative estimate of drug-likeness (QED) is 0.864. The van der Waals surface area contributed by atoms with Gasteiger partial charge in [-0.05, 0) is 56.0 Å². The van der Waals surface area contributed by atoms with Gasteiger partial charge in [0.2, 0.25) is 0 Å². The molecular formula is C21H24N2O4. The average molecular weight is 368 g/mol. The first-order valence-electron chi connectivity index (χ1n) is 9.19. The molecule has 1 N–H and O–H groups in total. The van der Waals surface area contributed by atoms with Crippen molar-refractivity contribution in [1.82, 2.24) is 0 Å². The van der Waals surface area contributed by atoms with Crippen molar-refractivity contribution in [2.24, 2.45) is 0 Å². The smallest absolute Gasteiger partial charge is 0.411 e. The lowest BCUT2D eigenvalue weighted by Gasteiger charge is -2.25. The Hall–Kier alpha value is -2.86. The summed E-state index contributed by atoms with van der Waals surface area (Å²) in [6.07, 6.45) is 1.13. The summed E-state index contributed by atoms with van der Waals surface area (Å²) in [6, 6.07) is 13.5. The topological polar surface area (TPSA) is 67.9 Å². The zero-order chi connectivity index (χ0) is 19.2. The Balaban J connectivity index is 2.02. The Morgan fingerprint density at radius 2 is 1.74 bits per heavy atom. The molecule has 0 spiro atoms. The summed E-state index contributed by atoms with van der Waals surface area (Å²) < 4.78 is 10.3. The second kappa shape index (κ2) is 8.68. The first kappa shape index (κ1) is 18.9. The van der Waals surface area contributed by atoms with Crippen LogP contribution in [0.3, 0.4) is 0 Å². The molecule has 0 fully saturated rings. The molecule has 0 aliphatic carbocycles. The van der Waals surface area contributed by atoms with E-state index in [2.05, 4.69) is 5.32 Å². The zero-order valence-electron chi connectivity index (χ0n) is 15.7. The van der Waals surface area contributed by atoms with Gasteiger partial charge >= 0.3 is 6.09 Å².